The number of aromatic nitrogens is 4. The van der Waals surface area contributed by atoms with Crippen LogP contribution in [-0.2, 0) is 4.74 Å². The van der Waals surface area contributed by atoms with Crippen molar-refractivity contribution in [1.82, 2.24) is 19.8 Å². The third kappa shape index (κ3) is 2.23. The van der Waals surface area contributed by atoms with Gasteiger partial charge in [0, 0.05) is 22.3 Å². The maximum absolute atomic E-state index is 5.82. The number of hydrogen-bond donors (Lipinski definition) is 1. The normalized spacial score (nSPS) is 18.6. The Labute approximate surface area is 133 Å². The number of ether oxygens (including phenoxy) is 1. The lowest BCUT2D eigenvalue weighted by atomic mass is 10.2. The van der Waals surface area contributed by atoms with Gasteiger partial charge in [-0.2, -0.15) is 9.61 Å². The average Bonchev–Trinajstić information content (AvgIpc) is 3.16. The molecule has 0 aliphatic carbocycles. The highest BCUT2D eigenvalue weighted by molar-refractivity contribution is 9.10. The van der Waals surface area contributed by atoms with E-state index in [4.69, 9.17) is 10.5 Å². The summed E-state index contributed by atoms with van der Waals surface area (Å²) in [7, 11) is 0. The maximum atomic E-state index is 5.82. The van der Waals surface area contributed by atoms with Crippen LogP contribution in [0.3, 0.4) is 0 Å². The number of fused-ring (bicyclic) bond motifs is 1. The quantitative estimate of drug-likeness (QED) is 0.706. The van der Waals surface area contributed by atoms with E-state index in [0.29, 0.717) is 5.69 Å². The molecular formula is C13H12BrN5OS. The smallest absolute Gasteiger partial charge is 0.235 e. The van der Waals surface area contributed by atoms with Crippen LogP contribution >= 0.6 is 27.3 Å². The Morgan fingerprint density at radius 3 is 3.05 bits per heavy atom. The molecule has 108 valence electrons. The van der Waals surface area contributed by atoms with Crippen LogP contribution in [0.1, 0.15) is 24.8 Å². The molecule has 0 spiro atoms. The lowest BCUT2D eigenvalue weighted by molar-refractivity contribution is 0.103. The number of anilines is 1. The van der Waals surface area contributed by atoms with E-state index < -0.39 is 0 Å². The highest BCUT2D eigenvalue weighted by Gasteiger charge is 2.25. The van der Waals surface area contributed by atoms with Gasteiger partial charge in [0.1, 0.15) is 11.1 Å². The van der Waals surface area contributed by atoms with Gasteiger partial charge in [-0.3, -0.25) is 0 Å². The molecule has 1 fully saturated rings. The lowest BCUT2D eigenvalue weighted by Gasteiger charge is -2.04. The first-order chi connectivity index (χ1) is 10.2. The van der Waals surface area contributed by atoms with Gasteiger partial charge in [0.2, 0.25) is 4.96 Å². The minimum absolute atomic E-state index is 0.00750. The second-order valence-electron chi connectivity index (χ2n) is 4.90. The molecule has 0 saturated carbocycles. The van der Waals surface area contributed by atoms with Gasteiger partial charge in [-0.05, 0) is 47.0 Å². The fourth-order valence-electron chi connectivity index (χ4n) is 2.39. The van der Waals surface area contributed by atoms with Gasteiger partial charge in [0.05, 0.1) is 0 Å². The van der Waals surface area contributed by atoms with E-state index in [0.717, 1.165) is 45.3 Å². The molecule has 0 radical (unpaired) electrons. The number of benzene rings is 1. The summed E-state index contributed by atoms with van der Waals surface area (Å²) in [6, 6.07) is 5.78. The molecule has 1 saturated heterocycles. The summed E-state index contributed by atoms with van der Waals surface area (Å²) in [5.74, 6) is 0.791. The van der Waals surface area contributed by atoms with E-state index in [-0.39, 0.29) is 6.10 Å². The predicted molar refractivity (Wildman–Crippen MR) is 84.1 cm³/mol. The molecule has 6 nitrogen and oxygen atoms in total. The average molecular weight is 366 g/mol. The molecule has 0 bridgehead atoms. The number of nitrogens with zero attached hydrogens (tertiary/aromatic N) is 4. The van der Waals surface area contributed by atoms with Crippen LogP contribution in [-0.4, -0.2) is 26.4 Å². The summed E-state index contributed by atoms with van der Waals surface area (Å²) in [4.78, 5) is 0.781. The maximum Gasteiger partial charge on any atom is 0.235 e. The Balaban J connectivity index is 1.78. The number of nitrogen functional groups attached to an aromatic ring is 1. The Bertz CT molecular complexity index is 808. The second kappa shape index (κ2) is 5.04. The van der Waals surface area contributed by atoms with Crippen LogP contribution in [0.5, 0.6) is 0 Å². The van der Waals surface area contributed by atoms with Gasteiger partial charge >= 0.3 is 0 Å². The number of nitrogens with two attached hydrogens (primary N) is 1. The number of halogens is 1. The first-order valence-electron chi connectivity index (χ1n) is 6.61. The minimum Gasteiger partial charge on any atom is -0.398 e. The van der Waals surface area contributed by atoms with E-state index in [2.05, 4.69) is 31.2 Å². The minimum atomic E-state index is 0.00750. The van der Waals surface area contributed by atoms with E-state index in [1.54, 1.807) is 4.52 Å². The van der Waals surface area contributed by atoms with Gasteiger partial charge in [-0.15, -0.1) is 10.2 Å². The molecule has 21 heavy (non-hydrogen) atoms. The summed E-state index contributed by atoms with van der Waals surface area (Å²) in [6.07, 6.45) is 2.04. The molecule has 3 aromatic rings. The molecule has 1 atom stereocenters. The fraction of sp³-hybridized carbons (Fsp3) is 0.308. The fourth-order valence-corrected chi connectivity index (χ4v) is 3.61. The van der Waals surface area contributed by atoms with Crippen molar-refractivity contribution in [2.45, 2.75) is 18.9 Å². The third-order valence-electron chi connectivity index (χ3n) is 3.48. The van der Waals surface area contributed by atoms with Crippen molar-refractivity contribution in [2.24, 2.45) is 0 Å². The van der Waals surface area contributed by atoms with Crippen LogP contribution in [0.2, 0.25) is 0 Å². The summed E-state index contributed by atoms with van der Waals surface area (Å²) in [5, 5.41) is 13.9. The van der Waals surface area contributed by atoms with E-state index in [9.17, 15) is 0 Å². The molecule has 3 heterocycles. The van der Waals surface area contributed by atoms with Crippen LogP contribution in [0, 0.1) is 0 Å². The van der Waals surface area contributed by atoms with Gasteiger partial charge in [-0.1, -0.05) is 11.3 Å². The Kier molecular flexibility index (Phi) is 3.16. The second-order valence-corrected chi connectivity index (χ2v) is 6.71. The Hall–Kier alpha value is -1.51. The van der Waals surface area contributed by atoms with Gasteiger partial charge in [0.25, 0.3) is 0 Å². The highest BCUT2D eigenvalue weighted by Crippen LogP contribution is 2.32. The zero-order valence-corrected chi connectivity index (χ0v) is 13.4. The van der Waals surface area contributed by atoms with E-state index >= 15 is 0 Å². The van der Waals surface area contributed by atoms with Crippen molar-refractivity contribution >= 4 is 37.9 Å². The van der Waals surface area contributed by atoms with Crippen molar-refractivity contribution in [2.75, 3.05) is 12.3 Å². The summed E-state index contributed by atoms with van der Waals surface area (Å²) < 4.78 is 8.33. The summed E-state index contributed by atoms with van der Waals surface area (Å²) in [6.45, 7) is 0.779. The molecule has 8 heteroatoms. The van der Waals surface area contributed by atoms with Crippen molar-refractivity contribution < 1.29 is 4.74 Å². The zero-order valence-electron chi connectivity index (χ0n) is 11.0. The summed E-state index contributed by atoms with van der Waals surface area (Å²) in [5.41, 5.74) is 7.54. The summed E-state index contributed by atoms with van der Waals surface area (Å²) >= 11 is 4.95. The molecule has 1 aromatic carbocycles. The van der Waals surface area contributed by atoms with Gasteiger partial charge in [0.15, 0.2) is 5.82 Å². The first kappa shape index (κ1) is 13.2. The van der Waals surface area contributed by atoms with Crippen LogP contribution in [0.25, 0.3) is 15.5 Å². The SMILES string of the molecule is Nc1ccc(-c2nn3c(C4CCCO4)nnc3s2)cc1Br. The highest BCUT2D eigenvalue weighted by atomic mass is 79.9. The lowest BCUT2D eigenvalue weighted by Crippen LogP contribution is -2.03. The topological polar surface area (TPSA) is 78.3 Å². The third-order valence-corrected chi connectivity index (χ3v) is 5.11. The van der Waals surface area contributed by atoms with Crippen LogP contribution in [0.4, 0.5) is 5.69 Å². The Morgan fingerprint density at radius 2 is 2.29 bits per heavy atom. The van der Waals surface area contributed by atoms with Crippen LogP contribution in [0.15, 0.2) is 22.7 Å². The van der Waals surface area contributed by atoms with Crippen molar-refractivity contribution in [3.63, 3.8) is 0 Å². The number of rotatable bonds is 2. The molecular weight excluding hydrogens is 354 g/mol. The molecule has 1 aliphatic rings. The van der Waals surface area contributed by atoms with E-state index in [1.807, 2.05) is 18.2 Å². The predicted octanol–water partition coefficient (Wildman–Crippen LogP) is 3.05. The van der Waals surface area contributed by atoms with Crippen molar-refractivity contribution in [3.8, 4) is 10.6 Å². The molecule has 1 aliphatic heterocycles. The molecule has 1 unspecified atom stereocenters. The molecule has 2 N–H and O–H groups in total. The molecule has 4 rings (SSSR count). The van der Waals surface area contributed by atoms with Crippen molar-refractivity contribution in [1.29, 1.82) is 0 Å². The zero-order chi connectivity index (χ0) is 14.4. The standard InChI is InChI=1S/C13H12BrN5OS/c14-8-6-7(3-4-9(8)15)12-18-19-11(10-2-1-5-20-10)16-17-13(19)21-12/h3-4,6,10H,1-2,5,15H2. The van der Waals surface area contributed by atoms with Gasteiger partial charge < -0.3 is 10.5 Å². The monoisotopic (exact) mass is 365 g/mol. The van der Waals surface area contributed by atoms with Crippen molar-refractivity contribution in [3.05, 3.63) is 28.5 Å². The largest absolute Gasteiger partial charge is 0.398 e. The van der Waals surface area contributed by atoms with E-state index in [1.165, 1.54) is 11.3 Å². The Morgan fingerprint density at radius 1 is 1.38 bits per heavy atom. The molecule has 0 amide bonds. The number of hydrogen-bond acceptors (Lipinski definition) is 6. The van der Waals surface area contributed by atoms with Crippen LogP contribution < -0.4 is 5.73 Å². The van der Waals surface area contributed by atoms with Gasteiger partial charge in [-0.25, -0.2) is 0 Å². The molecule has 2 aromatic heterocycles. The first-order valence-corrected chi connectivity index (χ1v) is 8.22.